The van der Waals surface area contributed by atoms with Crippen LogP contribution in [0.2, 0.25) is 0 Å². The quantitative estimate of drug-likeness (QED) is 0.659. The highest BCUT2D eigenvalue weighted by Crippen LogP contribution is 2.42. The van der Waals surface area contributed by atoms with Crippen molar-refractivity contribution in [2.45, 2.75) is 18.2 Å². The van der Waals surface area contributed by atoms with Crippen molar-refractivity contribution in [3.63, 3.8) is 0 Å². The number of thiocarbonyl (C=S) groups is 1. The van der Waals surface area contributed by atoms with Crippen LogP contribution in [0.4, 0.5) is 0 Å². The van der Waals surface area contributed by atoms with E-state index in [2.05, 4.69) is 11.1 Å². The molecule has 1 saturated heterocycles. The van der Waals surface area contributed by atoms with E-state index >= 15 is 0 Å². The molecule has 60 valence electrons. The van der Waals surface area contributed by atoms with Crippen LogP contribution in [0.3, 0.4) is 0 Å². The molecule has 2 heterocycles. The smallest absolute Gasteiger partial charge is 0.0905 e. The van der Waals surface area contributed by atoms with Gasteiger partial charge in [0.2, 0.25) is 0 Å². The first-order valence-corrected chi connectivity index (χ1v) is 4.89. The standard InChI is InChI=1S/C7H9NOS2/c9-2-1-5-4-8-6(10)3-7(8)11-5/h4,7,9H,1-3H2/t7-/m1/s1. The average Bonchev–Trinajstić information content (AvgIpc) is 2.29. The van der Waals surface area contributed by atoms with Crippen LogP contribution < -0.4 is 0 Å². The Labute approximate surface area is 75.3 Å². The summed E-state index contributed by atoms with van der Waals surface area (Å²) in [4.78, 5) is 4.41. The van der Waals surface area contributed by atoms with Gasteiger partial charge in [0, 0.05) is 30.6 Å². The molecule has 0 bridgehead atoms. The molecule has 0 aromatic carbocycles. The van der Waals surface area contributed by atoms with E-state index in [1.165, 1.54) is 4.91 Å². The van der Waals surface area contributed by atoms with Gasteiger partial charge in [0.25, 0.3) is 0 Å². The van der Waals surface area contributed by atoms with Crippen molar-refractivity contribution >= 4 is 29.0 Å². The van der Waals surface area contributed by atoms with Gasteiger partial charge in [-0.3, -0.25) is 0 Å². The van der Waals surface area contributed by atoms with Gasteiger partial charge in [0.05, 0.1) is 10.4 Å². The highest BCUT2D eigenvalue weighted by Gasteiger charge is 2.36. The molecule has 0 unspecified atom stereocenters. The third kappa shape index (κ3) is 1.19. The van der Waals surface area contributed by atoms with E-state index in [9.17, 15) is 0 Å². The first-order chi connectivity index (χ1) is 5.31. The van der Waals surface area contributed by atoms with Gasteiger partial charge >= 0.3 is 0 Å². The van der Waals surface area contributed by atoms with Crippen LogP contribution >= 0.6 is 24.0 Å². The second kappa shape index (κ2) is 2.77. The van der Waals surface area contributed by atoms with Crippen molar-refractivity contribution in [3.8, 4) is 0 Å². The predicted molar refractivity (Wildman–Crippen MR) is 50.2 cm³/mol. The summed E-state index contributed by atoms with van der Waals surface area (Å²) in [6.07, 6.45) is 3.88. The average molecular weight is 187 g/mol. The Balaban J connectivity index is 2.00. The molecule has 1 atom stereocenters. The summed E-state index contributed by atoms with van der Waals surface area (Å²) < 4.78 is 0. The zero-order chi connectivity index (χ0) is 7.84. The molecule has 0 amide bonds. The Morgan fingerprint density at radius 1 is 1.82 bits per heavy atom. The topological polar surface area (TPSA) is 23.5 Å². The number of hydrogen-bond acceptors (Lipinski definition) is 3. The molecule has 2 aliphatic rings. The third-order valence-corrected chi connectivity index (χ3v) is 3.53. The molecule has 0 saturated carbocycles. The van der Waals surface area contributed by atoms with E-state index < -0.39 is 0 Å². The van der Waals surface area contributed by atoms with Gasteiger partial charge in [-0.2, -0.15) is 0 Å². The molecule has 1 N–H and O–H groups in total. The lowest BCUT2D eigenvalue weighted by Gasteiger charge is -2.35. The highest BCUT2D eigenvalue weighted by molar-refractivity contribution is 8.04. The maximum absolute atomic E-state index is 8.68. The van der Waals surface area contributed by atoms with Crippen LogP contribution in [0.25, 0.3) is 0 Å². The van der Waals surface area contributed by atoms with Gasteiger partial charge in [0.15, 0.2) is 0 Å². The molecule has 4 heteroatoms. The fourth-order valence-corrected chi connectivity index (χ4v) is 3.03. The Hall–Kier alpha value is -0.0600. The number of nitrogens with zero attached hydrogens (tertiary/aromatic N) is 1. The van der Waals surface area contributed by atoms with Crippen LogP contribution in [0.1, 0.15) is 12.8 Å². The van der Waals surface area contributed by atoms with E-state index in [0.717, 1.165) is 17.8 Å². The lowest BCUT2D eigenvalue weighted by Crippen LogP contribution is -2.43. The summed E-state index contributed by atoms with van der Waals surface area (Å²) in [7, 11) is 0. The lowest BCUT2D eigenvalue weighted by atomic mass is 10.2. The molecule has 0 aromatic rings. The second-order valence-corrected chi connectivity index (χ2v) is 4.42. The third-order valence-electron chi connectivity index (χ3n) is 1.88. The molecule has 0 radical (unpaired) electrons. The molecule has 0 aromatic heterocycles. The number of aliphatic hydroxyl groups is 1. The molecule has 2 aliphatic heterocycles. The van der Waals surface area contributed by atoms with E-state index in [-0.39, 0.29) is 6.61 Å². The summed E-state index contributed by atoms with van der Waals surface area (Å²) in [6, 6.07) is 0. The fraction of sp³-hybridized carbons (Fsp3) is 0.571. The van der Waals surface area contributed by atoms with E-state index in [1.807, 2.05) is 11.8 Å². The molecule has 0 aliphatic carbocycles. The van der Waals surface area contributed by atoms with Crippen molar-refractivity contribution in [1.82, 2.24) is 4.90 Å². The van der Waals surface area contributed by atoms with E-state index in [4.69, 9.17) is 17.3 Å². The Bertz CT molecular complexity index is 226. The first kappa shape index (κ1) is 7.58. The van der Waals surface area contributed by atoms with Crippen LogP contribution in [-0.2, 0) is 0 Å². The molecule has 1 fully saturated rings. The maximum atomic E-state index is 8.68. The van der Waals surface area contributed by atoms with Crippen molar-refractivity contribution < 1.29 is 5.11 Å². The Kier molecular flexibility index (Phi) is 1.91. The zero-order valence-electron chi connectivity index (χ0n) is 5.99. The molecular weight excluding hydrogens is 178 g/mol. The van der Waals surface area contributed by atoms with Crippen molar-refractivity contribution in [1.29, 1.82) is 0 Å². The van der Waals surface area contributed by atoms with Crippen molar-refractivity contribution in [2.75, 3.05) is 6.61 Å². The molecule has 2 nitrogen and oxygen atoms in total. The maximum Gasteiger partial charge on any atom is 0.0905 e. The number of aliphatic hydroxyl groups excluding tert-OH is 1. The summed E-state index contributed by atoms with van der Waals surface area (Å²) in [5, 5.41) is 9.24. The highest BCUT2D eigenvalue weighted by atomic mass is 32.2. The molecule has 2 rings (SSSR count). The van der Waals surface area contributed by atoms with Crippen LogP contribution in [0.15, 0.2) is 11.1 Å². The minimum Gasteiger partial charge on any atom is -0.396 e. The number of hydrogen-bond donors (Lipinski definition) is 1. The van der Waals surface area contributed by atoms with Gasteiger partial charge in [-0.05, 0) is 0 Å². The van der Waals surface area contributed by atoms with Crippen molar-refractivity contribution in [2.24, 2.45) is 0 Å². The van der Waals surface area contributed by atoms with Gasteiger partial charge in [-0.25, -0.2) is 0 Å². The fourth-order valence-electron chi connectivity index (χ4n) is 1.25. The van der Waals surface area contributed by atoms with E-state index in [1.54, 1.807) is 0 Å². The van der Waals surface area contributed by atoms with Crippen LogP contribution in [-0.4, -0.2) is 27.0 Å². The number of thioether (sulfide) groups is 1. The van der Waals surface area contributed by atoms with Crippen molar-refractivity contribution in [3.05, 3.63) is 11.1 Å². The zero-order valence-corrected chi connectivity index (χ0v) is 7.62. The van der Waals surface area contributed by atoms with Gasteiger partial charge in [0.1, 0.15) is 0 Å². The summed E-state index contributed by atoms with van der Waals surface area (Å²) in [5.74, 6) is 0. The molecule has 11 heavy (non-hydrogen) atoms. The second-order valence-electron chi connectivity index (χ2n) is 2.65. The van der Waals surface area contributed by atoms with Crippen LogP contribution in [0, 0.1) is 0 Å². The summed E-state index contributed by atoms with van der Waals surface area (Å²) in [5.41, 5.74) is 0. The normalized spacial score (nSPS) is 28.1. The van der Waals surface area contributed by atoms with Gasteiger partial charge in [-0.15, -0.1) is 11.8 Å². The number of rotatable bonds is 2. The minimum absolute atomic E-state index is 0.242. The number of fused-ring (bicyclic) bond motifs is 1. The minimum atomic E-state index is 0.242. The SMILES string of the molecule is OCCC1=CN2C(=S)C[C@H]2S1. The monoisotopic (exact) mass is 187 g/mol. The van der Waals surface area contributed by atoms with Gasteiger partial charge in [-0.1, -0.05) is 12.2 Å². The Morgan fingerprint density at radius 3 is 3.18 bits per heavy atom. The first-order valence-electron chi connectivity index (χ1n) is 3.60. The Morgan fingerprint density at radius 2 is 2.64 bits per heavy atom. The summed E-state index contributed by atoms with van der Waals surface area (Å²) >= 11 is 6.89. The largest absolute Gasteiger partial charge is 0.396 e. The molecule has 0 spiro atoms. The predicted octanol–water partition coefficient (Wildman–Crippen LogP) is 1.32. The van der Waals surface area contributed by atoms with E-state index in [0.29, 0.717) is 5.37 Å². The molecular formula is C7H9NOS2. The summed E-state index contributed by atoms with van der Waals surface area (Å²) in [6.45, 7) is 0.242. The van der Waals surface area contributed by atoms with Crippen LogP contribution in [0.5, 0.6) is 0 Å². The lowest BCUT2D eigenvalue weighted by molar-refractivity contribution is 0.301. The van der Waals surface area contributed by atoms with Gasteiger partial charge < -0.3 is 10.0 Å².